The fraction of sp³-hybridized carbons (Fsp3) is 0.533. The molecule has 2 aromatic rings. The van der Waals surface area contributed by atoms with Crippen molar-refractivity contribution >= 4 is 5.69 Å². The number of nitrogens with zero attached hydrogens (tertiary/aromatic N) is 4. The summed E-state index contributed by atoms with van der Waals surface area (Å²) in [6, 6.07) is 5.65. The molecule has 21 heavy (non-hydrogen) atoms. The van der Waals surface area contributed by atoms with E-state index in [9.17, 15) is 0 Å². The summed E-state index contributed by atoms with van der Waals surface area (Å²) in [4.78, 5) is 0. The normalized spacial score (nSPS) is 17.0. The zero-order valence-corrected chi connectivity index (χ0v) is 12.5. The molecule has 112 valence electrons. The van der Waals surface area contributed by atoms with Crippen molar-refractivity contribution in [2.45, 2.75) is 45.1 Å². The van der Waals surface area contributed by atoms with E-state index in [-0.39, 0.29) is 5.54 Å². The molecule has 0 saturated heterocycles. The molecular weight excluding hydrogens is 266 g/mol. The Morgan fingerprint density at radius 2 is 2.05 bits per heavy atom. The van der Waals surface area contributed by atoms with Crippen molar-refractivity contribution in [3.05, 3.63) is 18.2 Å². The second kappa shape index (κ2) is 5.35. The molecule has 6 heteroatoms. The van der Waals surface area contributed by atoms with Crippen LogP contribution in [-0.2, 0) is 5.54 Å². The average Bonchev–Trinajstić information content (AvgIpc) is 3.07. The summed E-state index contributed by atoms with van der Waals surface area (Å²) >= 11 is 0. The lowest BCUT2D eigenvalue weighted by Crippen LogP contribution is -2.28. The minimum Gasteiger partial charge on any atom is -0.494 e. The summed E-state index contributed by atoms with van der Waals surface area (Å²) < 4.78 is 7.51. The standard InChI is InChI=1S/C15H21N5O/c1-3-21-13-9-11(8-12(16)10-13)14-17-18-19-20(14)15(2)6-4-5-7-15/h8-10H,3-7,16H2,1-2H3. The minimum atomic E-state index is -0.00475. The molecule has 1 aromatic carbocycles. The van der Waals surface area contributed by atoms with Crippen LogP contribution < -0.4 is 10.5 Å². The van der Waals surface area contributed by atoms with Gasteiger partial charge in [-0.2, -0.15) is 0 Å². The smallest absolute Gasteiger partial charge is 0.182 e. The number of benzene rings is 1. The minimum absolute atomic E-state index is 0.00475. The topological polar surface area (TPSA) is 78.8 Å². The third kappa shape index (κ3) is 2.57. The Bertz CT molecular complexity index is 631. The van der Waals surface area contributed by atoms with E-state index in [4.69, 9.17) is 10.5 Å². The summed E-state index contributed by atoms with van der Waals surface area (Å²) in [5, 5.41) is 12.3. The van der Waals surface area contributed by atoms with Gasteiger partial charge in [0, 0.05) is 17.3 Å². The van der Waals surface area contributed by atoms with E-state index < -0.39 is 0 Å². The van der Waals surface area contributed by atoms with Crippen LogP contribution in [0.25, 0.3) is 11.4 Å². The molecule has 0 radical (unpaired) electrons. The van der Waals surface area contributed by atoms with E-state index >= 15 is 0 Å². The van der Waals surface area contributed by atoms with Gasteiger partial charge in [-0.25, -0.2) is 4.68 Å². The molecule has 0 bridgehead atoms. The van der Waals surface area contributed by atoms with Crippen molar-refractivity contribution in [2.24, 2.45) is 0 Å². The lowest BCUT2D eigenvalue weighted by Gasteiger charge is -2.24. The van der Waals surface area contributed by atoms with Gasteiger partial charge >= 0.3 is 0 Å². The molecule has 6 nitrogen and oxygen atoms in total. The average molecular weight is 287 g/mol. The molecule has 0 unspecified atom stereocenters. The number of aromatic nitrogens is 4. The number of hydrogen-bond acceptors (Lipinski definition) is 5. The van der Waals surface area contributed by atoms with Gasteiger partial charge in [-0.05, 0) is 49.2 Å². The Balaban J connectivity index is 2.03. The Hall–Kier alpha value is -2.11. The highest BCUT2D eigenvalue weighted by Gasteiger charge is 2.34. The maximum atomic E-state index is 5.97. The first-order valence-corrected chi connectivity index (χ1v) is 7.45. The summed E-state index contributed by atoms with van der Waals surface area (Å²) in [6.07, 6.45) is 4.64. The van der Waals surface area contributed by atoms with E-state index in [2.05, 4.69) is 22.4 Å². The highest BCUT2D eigenvalue weighted by atomic mass is 16.5. The van der Waals surface area contributed by atoms with Gasteiger partial charge in [0.05, 0.1) is 12.1 Å². The lowest BCUT2D eigenvalue weighted by atomic mass is 10.0. The predicted octanol–water partition coefficient (Wildman–Crippen LogP) is 2.61. The maximum absolute atomic E-state index is 5.97. The van der Waals surface area contributed by atoms with Crippen molar-refractivity contribution in [1.29, 1.82) is 0 Å². The van der Waals surface area contributed by atoms with E-state index in [0.29, 0.717) is 12.3 Å². The second-order valence-electron chi connectivity index (χ2n) is 5.84. The Morgan fingerprint density at radius 3 is 2.76 bits per heavy atom. The summed E-state index contributed by atoms with van der Waals surface area (Å²) in [7, 11) is 0. The monoisotopic (exact) mass is 287 g/mol. The quantitative estimate of drug-likeness (QED) is 0.874. The van der Waals surface area contributed by atoms with Gasteiger partial charge in [0.15, 0.2) is 5.82 Å². The number of anilines is 1. The van der Waals surface area contributed by atoms with Crippen LogP contribution >= 0.6 is 0 Å². The van der Waals surface area contributed by atoms with Crippen LogP contribution in [0.5, 0.6) is 5.75 Å². The molecule has 1 fully saturated rings. The first-order chi connectivity index (χ1) is 10.1. The first-order valence-electron chi connectivity index (χ1n) is 7.45. The summed E-state index contributed by atoms with van der Waals surface area (Å²) in [5.41, 5.74) is 7.52. The molecule has 0 atom stereocenters. The van der Waals surface area contributed by atoms with Crippen LogP contribution in [0.3, 0.4) is 0 Å². The molecule has 3 rings (SSSR count). The van der Waals surface area contributed by atoms with Crippen molar-refractivity contribution in [1.82, 2.24) is 20.2 Å². The third-order valence-electron chi connectivity index (χ3n) is 4.16. The molecular formula is C15H21N5O. The van der Waals surface area contributed by atoms with E-state index in [0.717, 1.165) is 30.0 Å². The number of nitrogens with two attached hydrogens (primary N) is 1. The molecule has 2 N–H and O–H groups in total. The molecule has 1 heterocycles. The molecule has 1 saturated carbocycles. The van der Waals surface area contributed by atoms with Crippen molar-refractivity contribution in [3.63, 3.8) is 0 Å². The van der Waals surface area contributed by atoms with Crippen LogP contribution in [0.15, 0.2) is 18.2 Å². The van der Waals surface area contributed by atoms with Crippen molar-refractivity contribution in [3.8, 4) is 17.1 Å². The molecule has 0 spiro atoms. The Morgan fingerprint density at radius 1 is 1.29 bits per heavy atom. The van der Waals surface area contributed by atoms with E-state index in [1.165, 1.54) is 12.8 Å². The number of tetrazole rings is 1. The van der Waals surface area contributed by atoms with Gasteiger partial charge in [-0.1, -0.05) is 12.8 Å². The van der Waals surface area contributed by atoms with Gasteiger partial charge in [0.25, 0.3) is 0 Å². The fourth-order valence-corrected chi connectivity index (χ4v) is 3.08. The summed E-state index contributed by atoms with van der Waals surface area (Å²) in [5.74, 6) is 1.51. The van der Waals surface area contributed by atoms with Crippen LogP contribution in [0.2, 0.25) is 0 Å². The zero-order chi connectivity index (χ0) is 14.9. The molecule has 0 amide bonds. The first kappa shape index (κ1) is 13.9. The number of ether oxygens (including phenoxy) is 1. The fourth-order valence-electron chi connectivity index (χ4n) is 3.08. The highest BCUT2D eigenvalue weighted by Crippen LogP contribution is 2.38. The molecule has 1 aliphatic rings. The largest absolute Gasteiger partial charge is 0.494 e. The number of hydrogen-bond donors (Lipinski definition) is 1. The number of rotatable bonds is 4. The van der Waals surface area contributed by atoms with Gasteiger partial charge in [-0.15, -0.1) is 5.10 Å². The van der Waals surface area contributed by atoms with Gasteiger partial charge in [0.1, 0.15) is 5.75 Å². The highest BCUT2D eigenvalue weighted by molar-refractivity contribution is 5.64. The van der Waals surface area contributed by atoms with Crippen molar-refractivity contribution < 1.29 is 4.74 Å². The third-order valence-corrected chi connectivity index (χ3v) is 4.16. The Kier molecular flexibility index (Phi) is 3.53. The van der Waals surface area contributed by atoms with Crippen molar-refractivity contribution in [2.75, 3.05) is 12.3 Å². The van der Waals surface area contributed by atoms with E-state index in [1.807, 2.05) is 29.8 Å². The van der Waals surface area contributed by atoms with Crippen LogP contribution in [0, 0.1) is 0 Å². The Labute approximate surface area is 124 Å². The van der Waals surface area contributed by atoms with Gasteiger partial charge in [0.2, 0.25) is 0 Å². The SMILES string of the molecule is CCOc1cc(N)cc(-c2nnnn2C2(C)CCCC2)c1. The summed E-state index contributed by atoms with van der Waals surface area (Å²) in [6.45, 7) is 4.77. The number of nitrogen functional groups attached to an aromatic ring is 1. The second-order valence-corrected chi connectivity index (χ2v) is 5.84. The molecule has 1 aromatic heterocycles. The van der Waals surface area contributed by atoms with Gasteiger partial charge < -0.3 is 10.5 Å². The van der Waals surface area contributed by atoms with Crippen LogP contribution in [0.1, 0.15) is 39.5 Å². The van der Waals surface area contributed by atoms with Crippen LogP contribution in [0.4, 0.5) is 5.69 Å². The zero-order valence-electron chi connectivity index (χ0n) is 12.5. The maximum Gasteiger partial charge on any atom is 0.182 e. The predicted molar refractivity (Wildman–Crippen MR) is 81.0 cm³/mol. The van der Waals surface area contributed by atoms with E-state index in [1.54, 1.807) is 0 Å². The molecule has 0 aliphatic heterocycles. The molecule has 1 aliphatic carbocycles. The van der Waals surface area contributed by atoms with Gasteiger partial charge in [-0.3, -0.25) is 0 Å². The van der Waals surface area contributed by atoms with Crippen LogP contribution in [-0.4, -0.2) is 26.8 Å². The lowest BCUT2D eigenvalue weighted by molar-refractivity contribution is 0.292.